The fraction of sp³-hybridized carbons (Fsp3) is 0.308. The van der Waals surface area contributed by atoms with Crippen LogP contribution in [0.15, 0.2) is 109 Å². The maximum atomic E-state index is 13.6. The average molecular weight is 649 g/mol. The molecule has 1 atom stereocenters. The Hall–Kier alpha value is -5.15. The van der Waals surface area contributed by atoms with Crippen molar-refractivity contribution in [3.05, 3.63) is 131 Å². The summed E-state index contributed by atoms with van der Waals surface area (Å²) in [5.74, 6) is 0.322. The molecule has 1 fully saturated rings. The summed E-state index contributed by atoms with van der Waals surface area (Å²) in [6.07, 6.45) is 0.691. The van der Waals surface area contributed by atoms with Crippen molar-refractivity contribution in [1.82, 2.24) is 15.1 Å². The van der Waals surface area contributed by atoms with Crippen LogP contribution in [-0.2, 0) is 40.6 Å². The molecule has 0 spiro atoms. The first-order chi connectivity index (χ1) is 23.4. The third kappa shape index (κ3) is 10.7. The minimum atomic E-state index is -0.826. The van der Waals surface area contributed by atoms with E-state index in [4.69, 9.17) is 15.2 Å². The van der Waals surface area contributed by atoms with Crippen LogP contribution in [-0.4, -0.2) is 59.7 Å². The number of benzene rings is 4. The molecule has 3 amide bonds. The Balaban J connectivity index is 1.19. The van der Waals surface area contributed by atoms with E-state index < -0.39 is 11.9 Å². The van der Waals surface area contributed by atoms with Gasteiger partial charge in [-0.3, -0.25) is 19.3 Å². The van der Waals surface area contributed by atoms with Crippen LogP contribution in [0.5, 0.6) is 11.5 Å². The number of nitrogens with one attached hydrogen (secondary N) is 1. The fourth-order valence-corrected chi connectivity index (χ4v) is 5.69. The van der Waals surface area contributed by atoms with Crippen molar-refractivity contribution in [2.24, 2.45) is 5.73 Å². The van der Waals surface area contributed by atoms with Crippen LogP contribution in [0, 0.1) is 0 Å². The second kappa shape index (κ2) is 17.7. The molecule has 250 valence electrons. The van der Waals surface area contributed by atoms with Crippen LogP contribution in [0.1, 0.15) is 41.5 Å². The molecule has 5 rings (SSSR count). The van der Waals surface area contributed by atoms with Gasteiger partial charge in [-0.25, -0.2) is 0 Å². The first-order valence-electron chi connectivity index (χ1n) is 16.5. The van der Waals surface area contributed by atoms with Crippen LogP contribution in [0.2, 0.25) is 0 Å². The Morgan fingerprint density at radius 1 is 0.708 bits per heavy atom. The summed E-state index contributed by atoms with van der Waals surface area (Å²) in [5.41, 5.74) is 9.58. The molecule has 48 heavy (non-hydrogen) atoms. The molecule has 4 aromatic rings. The molecule has 0 saturated carbocycles. The van der Waals surface area contributed by atoms with Crippen molar-refractivity contribution in [3.63, 3.8) is 0 Å². The predicted molar refractivity (Wildman–Crippen MR) is 185 cm³/mol. The summed E-state index contributed by atoms with van der Waals surface area (Å²) >= 11 is 0. The van der Waals surface area contributed by atoms with Gasteiger partial charge in [0.1, 0.15) is 30.8 Å². The van der Waals surface area contributed by atoms with Gasteiger partial charge in [-0.1, -0.05) is 97.1 Å². The number of ether oxygens (including phenoxy) is 2. The summed E-state index contributed by atoms with van der Waals surface area (Å²) in [4.78, 5) is 42.5. The van der Waals surface area contributed by atoms with Gasteiger partial charge in [0.2, 0.25) is 17.7 Å². The van der Waals surface area contributed by atoms with Gasteiger partial charge in [0.05, 0.1) is 0 Å². The van der Waals surface area contributed by atoms with Crippen molar-refractivity contribution in [1.29, 1.82) is 0 Å². The number of nitrogens with two attached hydrogens (primary N) is 1. The number of piperazine rings is 1. The smallest absolute Gasteiger partial charge is 0.245 e. The topological polar surface area (TPSA) is 114 Å². The number of rotatable bonds is 16. The largest absolute Gasteiger partial charge is 0.489 e. The van der Waals surface area contributed by atoms with Crippen molar-refractivity contribution < 1.29 is 23.9 Å². The molecule has 0 aromatic heterocycles. The molecule has 0 unspecified atom stereocenters. The lowest BCUT2D eigenvalue weighted by atomic mass is 10.1. The van der Waals surface area contributed by atoms with Gasteiger partial charge in [0.25, 0.3) is 0 Å². The van der Waals surface area contributed by atoms with Gasteiger partial charge in [0, 0.05) is 51.6 Å². The van der Waals surface area contributed by atoms with E-state index in [1.807, 2.05) is 97.1 Å². The zero-order chi connectivity index (χ0) is 33.6. The van der Waals surface area contributed by atoms with Crippen molar-refractivity contribution in [2.75, 3.05) is 26.2 Å². The molecule has 3 N–H and O–H groups in total. The first kappa shape index (κ1) is 34.2. The number of nitrogens with zero attached hydrogens (tertiary/aromatic N) is 2. The van der Waals surface area contributed by atoms with E-state index in [1.54, 1.807) is 4.90 Å². The number of aryl methyl sites for hydroxylation is 1. The van der Waals surface area contributed by atoms with Crippen molar-refractivity contribution >= 4 is 17.7 Å². The molecular weight excluding hydrogens is 604 g/mol. The highest BCUT2D eigenvalue weighted by atomic mass is 16.5. The number of carbonyl (C=O) groups is 3. The van der Waals surface area contributed by atoms with Gasteiger partial charge < -0.3 is 25.4 Å². The quantitative estimate of drug-likeness (QED) is 0.179. The molecule has 1 heterocycles. The van der Waals surface area contributed by atoms with Crippen LogP contribution >= 0.6 is 0 Å². The van der Waals surface area contributed by atoms with E-state index >= 15 is 0 Å². The Morgan fingerprint density at radius 3 is 1.90 bits per heavy atom. The Labute approximate surface area is 282 Å². The monoisotopic (exact) mass is 648 g/mol. The second-order valence-corrected chi connectivity index (χ2v) is 12.0. The molecule has 9 nitrogen and oxygen atoms in total. The number of carbonyl (C=O) groups excluding carboxylic acids is 3. The fourth-order valence-electron chi connectivity index (χ4n) is 5.69. The summed E-state index contributed by atoms with van der Waals surface area (Å²) in [6.45, 7) is 4.17. The van der Waals surface area contributed by atoms with Crippen LogP contribution in [0.25, 0.3) is 0 Å². The summed E-state index contributed by atoms with van der Waals surface area (Å²) in [5, 5.41) is 2.90. The molecular formula is C39H44N4O5. The molecule has 1 aliphatic heterocycles. The molecule has 4 aromatic carbocycles. The average Bonchev–Trinajstić information content (AvgIpc) is 3.12. The summed E-state index contributed by atoms with van der Waals surface area (Å²) < 4.78 is 12.3. The van der Waals surface area contributed by atoms with Gasteiger partial charge in [-0.2, -0.15) is 0 Å². The van der Waals surface area contributed by atoms with Gasteiger partial charge >= 0.3 is 0 Å². The highest BCUT2D eigenvalue weighted by Gasteiger charge is 2.29. The zero-order valence-electron chi connectivity index (χ0n) is 27.3. The van der Waals surface area contributed by atoms with Gasteiger partial charge in [-0.15, -0.1) is 0 Å². The highest BCUT2D eigenvalue weighted by molar-refractivity contribution is 5.88. The third-order valence-corrected chi connectivity index (χ3v) is 8.39. The van der Waals surface area contributed by atoms with E-state index in [1.165, 1.54) is 5.56 Å². The van der Waals surface area contributed by atoms with E-state index in [2.05, 4.69) is 22.3 Å². The van der Waals surface area contributed by atoms with E-state index in [0.29, 0.717) is 44.2 Å². The SMILES string of the molecule is NC(=O)CC[C@H](NC(=O)CCc1ccc(OCc2ccccc2)cc1OCc1ccccc1)C(=O)N1CCN(Cc2ccccc2)CC1. The molecule has 9 heteroatoms. The van der Waals surface area contributed by atoms with Crippen LogP contribution in [0.3, 0.4) is 0 Å². The van der Waals surface area contributed by atoms with Gasteiger partial charge in [0.15, 0.2) is 0 Å². The minimum Gasteiger partial charge on any atom is -0.489 e. The normalized spacial score (nSPS) is 13.8. The molecule has 0 radical (unpaired) electrons. The van der Waals surface area contributed by atoms with Crippen LogP contribution in [0.4, 0.5) is 0 Å². The first-order valence-corrected chi connectivity index (χ1v) is 16.5. The molecule has 1 aliphatic rings. The molecule has 0 aliphatic carbocycles. The Kier molecular flexibility index (Phi) is 12.6. The Bertz CT molecular complexity index is 1610. The summed E-state index contributed by atoms with van der Waals surface area (Å²) in [6, 6.07) is 34.9. The third-order valence-electron chi connectivity index (χ3n) is 8.39. The standard InChI is InChI=1S/C39H44N4O5/c40-37(44)20-19-35(39(46)43-24-22-42(23-25-43)27-30-10-4-1-5-11-30)41-38(45)21-17-33-16-18-34(47-28-31-12-6-2-7-13-31)26-36(33)48-29-32-14-8-3-9-15-32/h1-16,18,26,35H,17,19-25,27-29H2,(H2,40,44)(H,41,45)/t35-/m0/s1. The molecule has 1 saturated heterocycles. The lowest BCUT2D eigenvalue weighted by Gasteiger charge is -2.36. The van der Waals surface area contributed by atoms with E-state index in [9.17, 15) is 14.4 Å². The lowest BCUT2D eigenvalue weighted by Crippen LogP contribution is -2.55. The van der Waals surface area contributed by atoms with E-state index in [-0.39, 0.29) is 31.1 Å². The van der Waals surface area contributed by atoms with Crippen molar-refractivity contribution in [2.45, 2.75) is 51.5 Å². The maximum absolute atomic E-state index is 13.6. The zero-order valence-corrected chi connectivity index (χ0v) is 27.3. The van der Waals surface area contributed by atoms with Gasteiger partial charge in [-0.05, 0) is 41.2 Å². The second-order valence-electron chi connectivity index (χ2n) is 12.0. The van der Waals surface area contributed by atoms with E-state index in [0.717, 1.165) is 36.3 Å². The summed E-state index contributed by atoms with van der Waals surface area (Å²) in [7, 11) is 0. The Morgan fingerprint density at radius 2 is 1.29 bits per heavy atom. The number of amides is 3. The minimum absolute atomic E-state index is 0.00652. The molecule has 0 bridgehead atoms. The van der Waals surface area contributed by atoms with Crippen molar-refractivity contribution in [3.8, 4) is 11.5 Å². The number of primary amides is 1. The highest BCUT2D eigenvalue weighted by Crippen LogP contribution is 2.28. The maximum Gasteiger partial charge on any atom is 0.245 e. The predicted octanol–water partition coefficient (Wildman–Crippen LogP) is 4.87. The number of hydrogen-bond donors (Lipinski definition) is 2. The lowest BCUT2D eigenvalue weighted by molar-refractivity contribution is -0.138. The number of hydrogen-bond acceptors (Lipinski definition) is 6. The van der Waals surface area contributed by atoms with Crippen LogP contribution < -0.4 is 20.5 Å².